The molecule has 0 saturated carbocycles. The van der Waals surface area contributed by atoms with Crippen molar-refractivity contribution in [3.63, 3.8) is 0 Å². The van der Waals surface area contributed by atoms with Gasteiger partial charge < -0.3 is 10.1 Å². The molecule has 0 spiro atoms. The molecule has 2 aromatic rings. The molecule has 106 valence electrons. The molecule has 0 aliphatic rings. The number of amides is 1. The summed E-state index contributed by atoms with van der Waals surface area (Å²) >= 11 is 0. The van der Waals surface area contributed by atoms with Crippen molar-refractivity contribution in [1.29, 1.82) is 0 Å². The fourth-order valence-corrected chi connectivity index (χ4v) is 1.52. The second kappa shape index (κ2) is 7.65. The molecule has 1 aromatic carbocycles. The van der Waals surface area contributed by atoms with E-state index in [0.717, 1.165) is 0 Å². The lowest BCUT2D eigenvalue weighted by Gasteiger charge is -2.01. The van der Waals surface area contributed by atoms with Crippen molar-refractivity contribution in [2.45, 2.75) is 0 Å². The zero-order valence-electron chi connectivity index (χ0n) is 11.2. The van der Waals surface area contributed by atoms with Crippen molar-refractivity contribution in [3.05, 3.63) is 60.2 Å². The van der Waals surface area contributed by atoms with Crippen molar-refractivity contribution in [1.82, 2.24) is 10.3 Å². The van der Waals surface area contributed by atoms with Crippen LogP contribution in [0.3, 0.4) is 0 Å². The Morgan fingerprint density at radius 2 is 2.19 bits per heavy atom. The fraction of sp³-hybridized carbons (Fsp3) is 0.125. The number of carbonyl (C=O) groups is 1. The summed E-state index contributed by atoms with van der Waals surface area (Å²) in [6, 6.07) is 9.03. The number of nitrogens with one attached hydrogen (secondary N) is 1. The van der Waals surface area contributed by atoms with Gasteiger partial charge in [-0.25, -0.2) is 4.39 Å². The molecule has 0 atom stereocenters. The molecule has 1 heterocycles. The van der Waals surface area contributed by atoms with Gasteiger partial charge in [0.05, 0.1) is 12.7 Å². The normalized spacial score (nSPS) is 9.38. The summed E-state index contributed by atoms with van der Waals surface area (Å²) in [7, 11) is 0. The van der Waals surface area contributed by atoms with E-state index < -0.39 is 5.82 Å². The third kappa shape index (κ3) is 4.96. The van der Waals surface area contributed by atoms with Gasteiger partial charge in [0.25, 0.3) is 5.91 Å². The molecular weight excluding hydrogens is 271 g/mol. The predicted octanol–water partition coefficient (Wildman–Crippen LogP) is 2.03. The van der Waals surface area contributed by atoms with Crippen LogP contribution < -0.4 is 10.1 Å². The van der Waals surface area contributed by atoms with Gasteiger partial charge in [-0.1, -0.05) is 17.9 Å². The zero-order chi connectivity index (χ0) is 14.9. The third-order valence-corrected chi connectivity index (χ3v) is 2.49. The minimum atomic E-state index is -0.446. The summed E-state index contributed by atoms with van der Waals surface area (Å²) in [5, 5.41) is 2.58. The molecule has 0 radical (unpaired) electrons. The standard InChI is InChI=1S/C16H13FN2O2/c17-14-6-3-5-13(11-14)16(20)19-9-1-2-10-21-15-7-4-8-18-12-15/h3-8,11-12H,9-10H2,(H,19,20). The van der Waals surface area contributed by atoms with Crippen LogP contribution in [0.1, 0.15) is 10.4 Å². The minimum absolute atomic E-state index is 0.172. The van der Waals surface area contributed by atoms with Crippen molar-refractivity contribution >= 4 is 5.91 Å². The van der Waals surface area contributed by atoms with Crippen molar-refractivity contribution in [2.75, 3.05) is 13.2 Å². The van der Waals surface area contributed by atoms with Crippen molar-refractivity contribution < 1.29 is 13.9 Å². The Morgan fingerprint density at radius 1 is 1.29 bits per heavy atom. The highest BCUT2D eigenvalue weighted by atomic mass is 19.1. The van der Waals surface area contributed by atoms with Crippen LogP contribution in [0.25, 0.3) is 0 Å². The van der Waals surface area contributed by atoms with Gasteiger partial charge in [-0.15, -0.1) is 0 Å². The Kier molecular flexibility index (Phi) is 5.30. The van der Waals surface area contributed by atoms with Crippen LogP contribution in [-0.4, -0.2) is 24.0 Å². The maximum atomic E-state index is 12.9. The second-order valence-corrected chi connectivity index (χ2v) is 4.02. The van der Waals surface area contributed by atoms with E-state index in [-0.39, 0.29) is 24.6 Å². The molecule has 5 heteroatoms. The Balaban J connectivity index is 1.72. The van der Waals surface area contributed by atoms with Crippen LogP contribution in [0.2, 0.25) is 0 Å². The maximum absolute atomic E-state index is 12.9. The number of rotatable bonds is 4. The quantitative estimate of drug-likeness (QED) is 0.874. The minimum Gasteiger partial charge on any atom is -0.479 e. The third-order valence-electron chi connectivity index (χ3n) is 2.49. The van der Waals surface area contributed by atoms with E-state index in [1.807, 2.05) is 0 Å². The fourth-order valence-electron chi connectivity index (χ4n) is 1.52. The number of hydrogen-bond acceptors (Lipinski definition) is 3. The Bertz CT molecular complexity index is 663. The van der Waals surface area contributed by atoms with Gasteiger partial charge in [-0.2, -0.15) is 0 Å². The highest BCUT2D eigenvalue weighted by Gasteiger charge is 2.04. The number of pyridine rings is 1. The Morgan fingerprint density at radius 3 is 2.95 bits per heavy atom. The molecule has 0 bridgehead atoms. The maximum Gasteiger partial charge on any atom is 0.252 e. The number of halogens is 1. The number of aromatic nitrogens is 1. The molecule has 0 aliphatic heterocycles. The molecule has 21 heavy (non-hydrogen) atoms. The van der Waals surface area contributed by atoms with Crippen LogP contribution in [0.5, 0.6) is 5.75 Å². The average Bonchev–Trinajstić information content (AvgIpc) is 2.51. The summed E-state index contributed by atoms with van der Waals surface area (Å²) in [5.74, 6) is 5.34. The lowest BCUT2D eigenvalue weighted by atomic mass is 10.2. The van der Waals surface area contributed by atoms with Gasteiger partial charge in [0.2, 0.25) is 0 Å². The van der Waals surface area contributed by atoms with Gasteiger partial charge in [0.1, 0.15) is 18.2 Å². The summed E-state index contributed by atoms with van der Waals surface area (Å²) < 4.78 is 18.3. The van der Waals surface area contributed by atoms with E-state index in [1.165, 1.54) is 24.3 Å². The lowest BCUT2D eigenvalue weighted by molar-refractivity contribution is 0.0958. The summed E-state index contributed by atoms with van der Waals surface area (Å²) in [6.45, 7) is 0.382. The van der Waals surface area contributed by atoms with Crippen LogP contribution in [-0.2, 0) is 0 Å². The molecule has 0 fully saturated rings. The zero-order valence-corrected chi connectivity index (χ0v) is 11.2. The molecule has 1 aromatic heterocycles. The first-order valence-electron chi connectivity index (χ1n) is 6.28. The van der Waals surface area contributed by atoms with Crippen molar-refractivity contribution in [3.8, 4) is 17.6 Å². The largest absolute Gasteiger partial charge is 0.479 e. The second-order valence-electron chi connectivity index (χ2n) is 4.02. The molecule has 0 saturated heterocycles. The van der Waals surface area contributed by atoms with Crippen molar-refractivity contribution in [2.24, 2.45) is 0 Å². The molecule has 0 aliphatic carbocycles. The van der Waals surface area contributed by atoms with E-state index in [2.05, 4.69) is 22.1 Å². The topological polar surface area (TPSA) is 51.2 Å². The van der Waals surface area contributed by atoms with Gasteiger partial charge in [0.15, 0.2) is 0 Å². The molecule has 1 N–H and O–H groups in total. The SMILES string of the molecule is O=C(NCC#CCOc1cccnc1)c1cccc(F)c1. The van der Waals surface area contributed by atoms with Crippen LogP contribution in [0.4, 0.5) is 4.39 Å². The molecule has 1 amide bonds. The van der Waals surface area contributed by atoms with E-state index in [9.17, 15) is 9.18 Å². The Labute approximate surface area is 122 Å². The molecule has 4 nitrogen and oxygen atoms in total. The summed E-state index contributed by atoms with van der Waals surface area (Å²) in [5.41, 5.74) is 0.267. The van der Waals surface area contributed by atoms with Crippen LogP contribution in [0, 0.1) is 17.7 Å². The Hall–Kier alpha value is -2.87. The number of carbonyl (C=O) groups excluding carboxylic acids is 1. The van der Waals surface area contributed by atoms with E-state index in [4.69, 9.17) is 4.74 Å². The average molecular weight is 284 g/mol. The molecular formula is C16H13FN2O2. The van der Waals surface area contributed by atoms with E-state index in [0.29, 0.717) is 5.75 Å². The predicted molar refractivity (Wildman–Crippen MR) is 76.2 cm³/mol. The monoisotopic (exact) mass is 284 g/mol. The van der Waals surface area contributed by atoms with Crippen LogP contribution in [0.15, 0.2) is 48.8 Å². The first kappa shape index (κ1) is 14.5. The molecule has 0 unspecified atom stereocenters. The van der Waals surface area contributed by atoms with Gasteiger partial charge in [-0.3, -0.25) is 9.78 Å². The van der Waals surface area contributed by atoms with Gasteiger partial charge >= 0.3 is 0 Å². The summed E-state index contributed by atoms with van der Waals surface area (Å²) in [4.78, 5) is 15.6. The number of ether oxygens (including phenoxy) is 1. The number of benzene rings is 1. The first-order chi connectivity index (χ1) is 10.3. The smallest absolute Gasteiger partial charge is 0.252 e. The highest BCUT2D eigenvalue weighted by molar-refractivity contribution is 5.94. The number of nitrogens with zero attached hydrogens (tertiary/aromatic N) is 1. The molecule has 2 rings (SSSR count). The van der Waals surface area contributed by atoms with Crippen LogP contribution >= 0.6 is 0 Å². The number of hydrogen-bond donors (Lipinski definition) is 1. The summed E-state index contributed by atoms with van der Waals surface area (Å²) in [6.07, 6.45) is 3.24. The van der Waals surface area contributed by atoms with Gasteiger partial charge in [-0.05, 0) is 30.3 Å². The first-order valence-corrected chi connectivity index (χ1v) is 6.28. The van der Waals surface area contributed by atoms with E-state index >= 15 is 0 Å². The highest BCUT2D eigenvalue weighted by Crippen LogP contribution is 2.05. The van der Waals surface area contributed by atoms with E-state index in [1.54, 1.807) is 24.5 Å². The lowest BCUT2D eigenvalue weighted by Crippen LogP contribution is -2.23. The van der Waals surface area contributed by atoms with Gasteiger partial charge in [0, 0.05) is 11.8 Å².